The van der Waals surface area contributed by atoms with Crippen LogP contribution in [0.2, 0.25) is 0 Å². The molecule has 1 saturated heterocycles. The molecule has 0 radical (unpaired) electrons. The number of urea groups is 1. The van der Waals surface area contributed by atoms with Crippen LogP contribution in [0.4, 0.5) is 16.2 Å². The number of hydrogen-bond acceptors (Lipinski definition) is 4. The molecule has 1 aromatic carbocycles. The molecule has 0 spiro atoms. The summed E-state index contributed by atoms with van der Waals surface area (Å²) in [5.74, 6) is 0. The van der Waals surface area contributed by atoms with Crippen molar-refractivity contribution in [1.29, 1.82) is 0 Å². The van der Waals surface area contributed by atoms with E-state index in [0.29, 0.717) is 6.54 Å². The first-order chi connectivity index (χ1) is 12.6. The number of amides is 2. The number of ether oxygens (including phenoxy) is 1. The molecule has 1 aliphatic rings. The fourth-order valence-electron chi connectivity index (χ4n) is 3.26. The Labute approximate surface area is 154 Å². The molecule has 2 N–H and O–H groups in total. The van der Waals surface area contributed by atoms with Crippen LogP contribution < -0.4 is 15.5 Å². The van der Waals surface area contributed by atoms with Crippen LogP contribution in [0.5, 0.6) is 0 Å². The van der Waals surface area contributed by atoms with E-state index in [1.54, 1.807) is 6.20 Å². The van der Waals surface area contributed by atoms with E-state index in [-0.39, 0.29) is 18.2 Å². The maximum absolute atomic E-state index is 12.3. The summed E-state index contributed by atoms with van der Waals surface area (Å²) in [6.07, 6.45) is 4.64. The third-order valence-corrected chi connectivity index (χ3v) is 4.33. The maximum Gasteiger partial charge on any atom is 0.319 e. The minimum absolute atomic E-state index is 0.167. The van der Waals surface area contributed by atoms with Gasteiger partial charge in [-0.15, -0.1) is 0 Å². The topological polar surface area (TPSA) is 66.5 Å². The number of benzene rings is 1. The largest absolute Gasteiger partial charge is 0.372 e. The zero-order valence-corrected chi connectivity index (χ0v) is 15.3. The molecule has 2 atom stereocenters. The molecule has 6 nitrogen and oxygen atoms in total. The van der Waals surface area contributed by atoms with Gasteiger partial charge in [0.15, 0.2) is 0 Å². The van der Waals surface area contributed by atoms with E-state index >= 15 is 0 Å². The van der Waals surface area contributed by atoms with Crippen molar-refractivity contribution >= 4 is 17.4 Å². The van der Waals surface area contributed by atoms with E-state index in [0.717, 1.165) is 36.4 Å². The molecule has 6 heteroatoms. The summed E-state index contributed by atoms with van der Waals surface area (Å²) in [7, 11) is 0. The van der Waals surface area contributed by atoms with Gasteiger partial charge in [0.1, 0.15) is 0 Å². The lowest BCUT2D eigenvalue weighted by molar-refractivity contribution is -0.00517. The third-order valence-electron chi connectivity index (χ3n) is 4.33. The summed E-state index contributed by atoms with van der Waals surface area (Å²) in [5, 5.41) is 5.88. The van der Waals surface area contributed by atoms with Gasteiger partial charge in [-0.25, -0.2) is 4.79 Å². The number of carbonyl (C=O) groups excluding carboxylic acids is 1. The average Bonchev–Trinajstić information content (AvgIpc) is 2.62. The van der Waals surface area contributed by atoms with Gasteiger partial charge in [0, 0.05) is 32.0 Å². The number of morpholine rings is 1. The highest BCUT2D eigenvalue weighted by Crippen LogP contribution is 2.28. The lowest BCUT2D eigenvalue weighted by atomic mass is 10.1. The van der Waals surface area contributed by atoms with Crippen LogP contribution in [0, 0.1) is 0 Å². The molecule has 138 valence electrons. The van der Waals surface area contributed by atoms with Gasteiger partial charge >= 0.3 is 6.03 Å². The predicted molar refractivity (Wildman–Crippen MR) is 104 cm³/mol. The molecule has 2 amide bonds. The van der Waals surface area contributed by atoms with Gasteiger partial charge in [-0.05, 0) is 44.0 Å². The van der Waals surface area contributed by atoms with Crippen molar-refractivity contribution in [1.82, 2.24) is 10.3 Å². The van der Waals surface area contributed by atoms with Crippen LogP contribution in [0.25, 0.3) is 0 Å². The number of nitrogens with one attached hydrogen (secondary N) is 2. The second-order valence-corrected chi connectivity index (χ2v) is 6.67. The van der Waals surface area contributed by atoms with Gasteiger partial charge in [0.05, 0.1) is 23.6 Å². The van der Waals surface area contributed by atoms with Crippen LogP contribution in [0.3, 0.4) is 0 Å². The lowest BCUT2D eigenvalue weighted by Gasteiger charge is -2.37. The van der Waals surface area contributed by atoms with Gasteiger partial charge in [-0.3, -0.25) is 4.98 Å². The number of para-hydroxylation sites is 2. The Kier molecular flexibility index (Phi) is 6.07. The predicted octanol–water partition coefficient (Wildman–Crippen LogP) is 3.06. The molecule has 0 bridgehead atoms. The SMILES string of the molecule is CC1CN(c2ccccc2NC(=O)NCCc2cccnc2)CC(C)O1. The number of carbonyl (C=O) groups is 1. The number of rotatable bonds is 5. The summed E-state index contributed by atoms with van der Waals surface area (Å²) in [4.78, 5) is 18.6. The van der Waals surface area contributed by atoms with Crippen LogP contribution in [-0.2, 0) is 11.2 Å². The first kappa shape index (κ1) is 18.2. The summed E-state index contributed by atoms with van der Waals surface area (Å²) in [5.41, 5.74) is 2.94. The number of aromatic nitrogens is 1. The molecule has 0 saturated carbocycles. The monoisotopic (exact) mass is 354 g/mol. The molecule has 2 unspecified atom stereocenters. The number of anilines is 2. The van der Waals surface area contributed by atoms with E-state index in [1.165, 1.54) is 0 Å². The zero-order chi connectivity index (χ0) is 18.4. The van der Waals surface area contributed by atoms with Crippen molar-refractivity contribution in [3.63, 3.8) is 0 Å². The van der Waals surface area contributed by atoms with E-state index < -0.39 is 0 Å². The van der Waals surface area contributed by atoms with Gasteiger partial charge in [0.25, 0.3) is 0 Å². The van der Waals surface area contributed by atoms with Crippen LogP contribution >= 0.6 is 0 Å². The first-order valence-electron chi connectivity index (χ1n) is 9.05. The molecule has 26 heavy (non-hydrogen) atoms. The van der Waals surface area contributed by atoms with E-state index in [1.807, 2.05) is 42.6 Å². The Hall–Kier alpha value is -2.60. The van der Waals surface area contributed by atoms with Gasteiger partial charge < -0.3 is 20.3 Å². The Bertz CT molecular complexity index is 713. The summed E-state index contributed by atoms with van der Waals surface area (Å²) in [6.45, 7) is 6.33. The number of hydrogen-bond donors (Lipinski definition) is 2. The highest BCUT2D eigenvalue weighted by molar-refractivity contribution is 5.93. The second-order valence-electron chi connectivity index (χ2n) is 6.67. The van der Waals surface area contributed by atoms with Crippen molar-refractivity contribution < 1.29 is 9.53 Å². The Morgan fingerprint density at radius 2 is 1.96 bits per heavy atom. The van der Waals surface area contributed by atoms with E-state index in [2.05, 4.69) is 34.4 Å². The van der Waals surface area contributed by atoms with Crippen LogP contribution in [0.1, 0.15) is 19.4 Å². The average molecular weight is 354 g/mol. The molecule has 1 aliphatic heterocycles. The first-order valence-corrected chi connectivity index (χ1v) is 9.05. The summed E-state index contributed by atoms with van der Waals surface area (Å²) < 4.78 is 5.81. The second kappa shape index (κ2) is 8.67. The normalized spacial score (nSPS) is 19.8. The van der Waals surface area contributed by atoms with Crippen molar-refractivity contribution in [3.8, 4) is 0 Å². The molecular weight excluding hydrogens is 328 g/mol. The quantitative estimate of drug-likeness (QED) is 0.866. The molecule has 3 rings (SSSR count). The number of pyridine rings is 1. The summed E-state index contributed by atoms with van der Waals surface area (Å²) in [6, 6.07) is 11.6. The molecule has 2 aromatic rings. The summed E-state index contributed by atoms with van der Waals surface area (Å²) >= 11 is 0. The Morgan fingerprint density at radius 1 is 1.19 bits per heavy atom. The number of nitrogens with zero attached hydrogens (tertiary/aromatic N) is 2. The van der Waals surface area contributed by atoms with Crippen molar-refractivity contribution in [2.24, 2.45) is 0 Å². The van der Waals surface area contributed by atoms with Crippen LogP contribution in [0.15, 0.2) is 48.8 Å². The third kappa shape index (κ3) is 4.95. The highest BCUT2D eigenvalue weighted by atomic mass is 16.5. The Morgan fingerprint density at radius 3 is 2.69 bits per heavy atom. The smallest absolute Gasteiger partial charge is 0.319 e. The van der Waals surface area contributed by atoms with Crippen LogP contribution in [-0.4, -0.2) is 42.9 Å². The van der Waals surface area contributed by atoms with Gasteiger partial charge in [-0.2, -0.15) is 0 Å². The minimum atomic E-state index is -0.198. The molecule has 1 aromatic heterocycles. The fourth-order valence-corrected chi connectivity index (χ4v) is 3.26. The lowest BCUT2D eigenvalue weighted by Crippen LogP contribution is -2.45. The maximum atomic E-state index is 12.3. The molecule has 1 fully saturated rings. The highest BCUT2D eigenvalue weighted by Gasteiger charge is 2.24. The Balaban J connectivity index is 1.58. The molecule has 0 aliphatic carbocycles. The van der Waals surface area contributed by atoms with E-state index in [4.69, 9.17) is 4.74 Å². The zero-order valence-electron chi connectivity index (χ0n) is 15.3. The van der Waals surface area contributed by atoms with Gasteiger partial charge in [-0.1, -0.05) is 18.2 Å². The minimum Gasteiger partial charge on any atom is -0.372 e. The van der Waals surface area contributed by atoms with Crippen molar-refractivity contribution in [2.75, 3.05) is 29.9 Å². The fraction of sp³-hybridized carbons (Fsp3) is 0.400. The standard InChI is InChI=1S/C20H26N4O2/c1-15-13-24(14-16(2)26-15)19-8-4-3-7-18(19)23-20(25)22-11-9-17-6-5-10-21-12-17/h3-8,10,12,15-16H,9,11,13-14H2,1-2H3,(H2,22,23,25). The van der Waals surface area contributed by atoms with Gasteiger partial charge in [0.2, 0.25) is 0 Å². The van der Waals surface area contributed by atoms with Crippen molar-refractivity contribution in [3.05, 3.63) is 54.4 Å². The molecular formula is C20H26N4O2. The molecule has 2 heterocycles. The van der Waals surface area contributed by atoms with E-state index in [9.17, 15) is 4.79 Å². The van der Waals surface area contributed by atoms with Crippen molar-refractivity contribution in [2.45, 2.75) is 32.5 Å².